The Bertz CT molecular complexity index is 886. The molecule has 0 aliphatic carbocycles. The zero-order chi connectivity index (χ0) is 16.5. The summed E-state index contributed by atoms with van der Waals surface area (Å²) in [6.45, 7) is 0.0254. The summed E-state index contributed by atoms with van der Waals surface area (Å²) in [7, 11) is 0. The van der Waals surface area contributed by atoms with Crippen LogP contribution in [0.15, 0.2) is 54.9 Å². The SMILES string of the molecule is O=C([O-])c1cc(Cc2ccc(-n3cccn3)cc2)cc2c1OCO2. The molecule has 4 rings (SSSR count). The Labute approximate surface area is 137 Å². The third kappa shape index (κ3) is 2.58. The van der Waals surface area contributed by atoms with Gasteiger partial charge < -0.3 is 19.4 Å². The van der Waals surface area contributed by atoms with Crippen LogP contribution < -0.4 is 14.6 Å². The third-order valence-corrected chi connectivity index (χ3v) is 3.87. The van der Waals surface area contributed by atoms with Gasteiger partial charge in [-0.15, -0.1) is 0 Å². The zero-order valence-corrected chi connectivity index (χ0v) is 12.6. The Morgan fingerprint density at radius 1 is 1.17 bits per heavy atom. The second kappa shape index (κ2) is 5.73. The second-order valence-corrected chi connectivity index (χ2v) is 5.46. The third-order valence-electron chi connectivity index (χ3n) is 3.87. The first-order chi connectivity index (χ1) is 11.7. The van der Waals surface area contributed by atoms with Crippen molar-refractivity contribution in [1.82, 2.24) is 9.78 Å². The quantitative estimate of drug-likeness (QED) is 0.729. The number of carbonyl (C=O) groups excluding carboxylic acids is 1. The van der Waals surface area contributed by atoms with Crippen molar-refractivity contribution in [2.75, 3.05) is 6.79 Å². The van der Waals surface area contributed by atoms with E-state index in [-0.39, 0.29) is 18.1 Å². The zero-order valence-electron chi connectivity index (χ0n) is 12.6. The number of carboxylic acid groups (broad SMARTS) is 1. The highest BCUT2D eigenvalue weighted by Gasteiger charge is 2.20. The predicted octanol–water partition coefficient (Wildman–Crippen LogP) is 1.56. The molecule has 0 amide bonds. The molecule has 2 heterocycles. The van der Waals surface area contributed by atoms with Gasteiger partial charge in [0.05, 0.1) is 11.7 Å². The fourth-order valence-electron chi connectivity index (χ4n) is 2.74. The number of rotatable bonds is 4. The lowest BCUT2D eigenvalue weighted by Crippen LogP contribution is -2.22. The van der Waals surface area contributed by atoms with Crippen molar-refractivity contribution in [2.45, 2.75) is 6.42 Å². The van der Waals surface area contributed by atoms with Crippen molar-refractivity contribution in [3.8, 4) is 17.2 Å². The van der Waals surface area contributed by atoms with Crippen LogP contribution >= 0.6 is 0 Å². The number of carboxylic acids is 1. The monoisotopic (exact) mass is 321 g/mol. The van der Waals surface area contributed by atoms with Gasteiger partial charge in [0.25, 0.3) is 0 Å². The van der Waals surface area contributed by atoms with Crippen LogP contribution in [0.5, 0.6) is 11.5 Å². The van der Waals surface area contributed by atoms with Crippen molar-refractivity contribution in [3.05, 3.63) is 71.5 Å². The molecule has 1 aromatic heterocycles. The lowest BCUT2D eigenvalue weighted by atomic mass is 10.0. The van der Waals surface area contributed by atoms with E-state index in [0.29, 0.717) is 12.2 Å². The van der Waals surface area contributed by atoms with Gasteiger partial charge in [-0.05, 0) is 47.9 Å². The van der Waals surface area contributed by atoms with Gasteiger partial charge in [0.15, 0.2) is 11.5 Å². The summed E-state index contributed by atoms with van der Waals surface area (Å²) in [6.07, 6.45) is 4.18. The highest BCUT2D eigenvalue weighted by molar-refractivity contribution is 5.91. The summed E-state index contributed by atoms with van der Waals surface area (Å²) < 4.78 is 12.3. The Balaban J connectivity index is 1.61. The molecular weight excluding hydrogens is 308 g/mol. The maximum atomic E-state index is 11.3. The number of hydrogen-bond donors (Lipinski definition) is 0. The molecule has 0 saturated heterocycles. The second-order valence-electron chi connectivity index (χ2n) is 5.46. The normalized spacial score (nSPS) is 12.3. The number of ether oxygens (including phenoxy) is 2. The van der Waals surface area contributed by atoms with E-state index >= 15 is 0 Å². The molecule has 0 saturated carbocycles. The van der Waals surface area contributed by atoms with E-state index < -0.39 is 5.97 Å². The van der Waals surface area contributed by atoms with Crippen molar-refractivity contribution < 1.29 is 19.4 Å². The van der Waals surface area contributed by atoms with E-state index in [4.69, 9.17) is 9.47 Å². The van der Waals surface area contributed by atoms with E-state index in [1.54, 1.807) is 23.0 Å². The topological polar surface area (TPSA) is 76.4 Å². The average Bonchev–Trinajstić information content (AvgIpc) is 3.26. The first-order valence-electron chi connectivity index (χ1n) is 7.43. The summed E-state index contributed by atoms with van der Waals surface area (Å²) in [5.41, 5.74) is 2.86. The van der Waals surface area contributed by atoms with Crippen LogP contribution in [0.1, 0.15) is 21.5 Å². The fourth-order valence-corrected chi connectivity index (χ4v) is 2.74. The van der Waals surface area contributed by atoms with Gasteiger partial charge in [0.2, 0.25) is 6.79 Å². The van der Waals surface area contributed by atoms with E-state index in [0.717, 1.165) is 16.8 Å². The molecule has 0 spiro atoms. The molecule has 6 heteroatoms. The lowest BCUT2D eigenvalue weighted by molar-refractivity contribution is -0.255. The van der Waals surface area contributed by atoms with Crippen LogP contribution in [0, 0.1) is 0 Å². The van der Waals surface area contributed by atoms with Gasteiger partial charge in [0, 0.05) is 18.0 Å². The van der Waals surface area contributed by atoms with E-state index in [9.17, 15) is 9.90 Å². The van der Waals surface area contributed by atoms with E-state index in [1.165, 1.54) is 0 Å². The molecule has 120 valence electrons. The maximum absolute atomic E-state index is 11.3. The maximum Gasteiger partial charge on any atom is 0.231 e. The van der Waals surface area contributed by atoms with Crippen LogP contribution in [-0.2, 0) is 6.42 Å². The summed E-state index contributed by atoms with van der Waals surface area (Å²) >= 11 is 0. The number of nitrogens with zero attached hydrogens (tertiary/aromatic N) is 2. The van der Waals surface area contributed by atoms with Gasteiger partial charge in [0.1, 0.15) is 0 Å². The first-order valence-corrected chi connectivity index (χ1v) is 7.43. The lowest BCUT2D eigenvalue weighted by Gasteiger charge is -2.10. The highest BCUT2D eigenvalue weighted by Crippen LogP contribution is 2.37. The van der Waals surface area contributed by atoms with Crippen molar-refractivity contribution in [1.29, 1.82) is 0 Å². The molecule has 6 nitrogen and oxygen atoms in total. The molecule has 1 aliphatic heterocycles. The minimum absolute atomic E-state index is 0.0214. The molecule has 2 aromatic carbocycles. The molecule has 0 fully saturated rings. The smallest absolute Gasteiger partial charge is 0.231 e. The Hall–Kier alpha value is -3.28. The Morgan fingerprint density at radius 3 is 2.71 bits per heavy atom. The van der Waals surface area contributed by atoms with Crippen LogP contribution in [0.25, 0.3) is 5.69 Å². The highest BCUT2D eigenvalue weighted by atomic mass is 16.7. The Morgan fingerprint density at radius 2 is 2.00 bits per heavy atom. The van der Waals surface area contributed by atoms with Crippen LogP contribution in [-0.4, -0.2) is 22.5 Å². The molecule has 0 unspecified atom stereocenters. The summed E-state index contributed by atoms with van der Waals surface area (Å²) in [5.74, 6) is -0.583. The molecular formula is C18H13N2O4-. The Kier molecular flexibility index (Phi) is 3.42. The average molecular weight is 321 g/mol. The number of aromatic nitrogens is 2. The molecule has 24 heavy (non-hydrogen) atoms. The van der Waals surface area contributed by atoms with E-state index in [1.807, 2.05) is 36.5 Å². The van der Waals surface area contributed by atoms with Gasteiger partial charge in [-0.1, -0.05) is 12.1 Å². The molecule has 0 atom stereocenters. The van der Waals surface area contributed by atoms with Gasteiger partial charge in [-0.25, -0.2) is 4.68 Å². The largest absolute Gasteiger partial charge is 0.545 e. The van der Waals surface area contributed by atoms with Crippen LogP contribution in [0.4, 0.5) is 0 Å². The van der Waals surface area contributed by atoms with Crippen LogP contribution in [0.2, 0.25) is 0 Å². The van der Waals surface area contributed by atoms with Gasteiger partial charge >= 0.3 is 0 Å². The molecule has 1 aliphatic rings. The van der Waals surface area contributed by atoms with Gasteiger partial charge in [-0.2, -0.15) is 5.10 Å². The predicted molar refractivity (Wildman–Crippen MR) is 83.3 cm³/mol. The summed E-state index contributed by atoms with van der Waals surface area (Å²) in [4.78, 5) is 11.3. The standard InChI is InChI=1S/C18H14N2O4/c21-18(22)15-9-13(10-16-17(15)24-11-23-16)8-12-2-4-14(5-3-12)20-7-1-6-19-20/h1-7,9-10H,8,11H2,(H,21,22)/p-1. The van der Waals surface area contributed by atoms with E-state index in [2.05, 4.69) is 5.10 Å². The number of benzene rings is 2. The molecule has 3 aromatic rings. The van der Waals surface area contributed by atoms with Gasteiger partial charge in [-0.3, -0.25) is 0 Å². The van der Waals surface area contributed by atoms with Crippen molar-refractivity contribution in [2.24, 2.45) is 0 Å². The summed E-state index contributed by atoms with van der Waals surface area (Å²) in [6, 6.07) is 13.1. The molecule has 0 radical (unpaired) electrons. The summed E-state index contributed by atoms with van der Waals surface area (Å²) in [5, 5.41) is 15.5. The van der Waals surface area contributed by atoms with Crippen molar-refractivity contribution >= 4 is 5.97 Å². The first kappa shape index (κ1) is 14.3. The number of fused-ring (bicyclic) bond motifs is 1. The minimum atomic E-state index is -1.27. The fraction of sp³-hybridized carbons (Fsp3) is 0.111. The number of hydrogen-bond acceptors (Lipinski definition) is 5. The molecule has 0 bridgehead atoms. The van der Waals surface area contributed by atoms with Crippen LogP contribution in [0.3, 0.4) is 0 Å². The van der Waals surface area contributed by atoms with Crippen molar-refractivity contribution in [3.63, 3.8) is 0 Å². The number of aromatic carboxylic acids is 1. The minimum Gasteiger partial charge on any atom is -0.545 e. The molecule has 0 N–H and O–H groups in total. The number of carbonyl (C=O) groups is 1.